The Morgan fingerprint density at radius 3 is 2.53 bits per heavy atom. The van der Waals surface area contributed by atoms with Crippen molar-refractivity contribution in [2.45, 2.75) is 12.5 Å². The van der Waals surface area contributed by atoms with Crippen molar-refractivity contribution >= 4 is 17.8 Å². The van der Waals surface area contributed by atoms with E-state index in [2.05, 4.69) is 5.32 Å². The van der Waals surface area contributed by atoms with Crippen molar-refractivity contribution in [2.75, 3.05) is 7.11 Å². The normalized spacial score (nSPS) is 11.4. The molecule has 7 heteroatoms. The third-order valence-corrected chi connectivity index (χ3v) is 2.31. The Labute approximate surface area is 108 Å². The van der Waals surface area contributed by atoms with E-state index in [9.17, 15) is 14.4 Å². The molecule has 102 valence electrons. The molecule has 19 heavy (non-hydrogen) atoms. The van der Waals surface area contributed by atoms with E-state index in [1.807, 2.05) is 0 Å². The fourth-order valence-corrected chi connectivity index (χ4v) is 1.38. The Kier molecular flexibility index (Phi) is 4.87. The van der Waals surface area contributed by atoms with Crippen LogP contribution in [0.3, 0.4) is 0 Å². The van der Waals surface area contributed by atoms with Gasteiger partial charge in [-0.3, -0.25) is 9.59 Å². The predicted octanol–water partition coefficient (Wildman–Crippen LogP) is 0.353. The summed E-state index contributed by atoms with van der Waals surface area (Å²) in [6.45, 7) is 0. The first-order valence-electron chi connectivity index (χ1n) is 5.33. The van der Waals surface area contributed by atoms with Gasteiger partial charge in [0.05, 0.1) is 13.5 Å². The molecular formula is C12H13NO6. The van der Waals surface area contributed by atoms with Crippen LogP contribution in [0.4, 0.5) is 0 Å². The average Bonchev–Trinajstić information content (AvgIpc) is 2.37. The van der Waals surface area contributed by atoms with Crippen LogP contribution in [0, 0.1) is 0 Å². The fraction of sp³-hybridized carbons (Fsp3) is 0.250. The number of carbonyl (C=O) groups is 3. The summed E-state index contributed by atoms with van der Waals surface area (Å²) in [6.07, 6.45) is -0.689. The average molecular weight is 267 g/mol. The van der Waals surface area contributed by atoms with E-state index in [4.69, 9.17) is 14.9 Å². The van der Waals surface area contributed by atoms with Gasteiger partial charge in [0.1, 0.15) is 11.8 Å². The summed E-state index contributed by atoms with van der Waals surface area (Å²) < 4.78 is 4.93. The van der Waals surface area contributed by atoms with Gasteiger partial charge in [0.2, 0.25) is 0 Å². The number of aliphatic carboxylic acids is 2. The zero-order chi connectivity index (χ0) is 14.4. The van der Waals surface area contributed by atoms with Crippen LogP contribution in [0.15, 0.2) is 24.3 Å². The minimum Gasteiger partial charge on any atom is -0.497 e. The summed E-state index contributed by atoms with van der Waals surface area (Å²) in [4.78, 5) is 33.1. The maximum absolute atomic E-state index is 11.8. The van der Waals surface area contributed by atoms with Crippen LogP contribution in [-0.4, -0.2) is 41.2 Å². The van der Waals surface area contributed by atoms with E-state index in [0.29, 0.717) is 5.75 Å². The standard InChI is InChI=1S/C12H13NO6/c1-19-8-4-2-3-7(5-8)11(16)13-9(12(17)18)6-10(14)15/h2-5,9H,6H2,1H3,(H,13,16)(H,14,15)(H,17,18)/t9-/m1/s1. The molecule has 0 heterocycles. The van der Waals surface area contributed by atoms with Crippen LogP contribution >= 0.6 is 0 Å². The molecule has 0 unspecified atom stereocenters. The summed E-state index contributed by atoms with van der Waals surface area (Å²) in [6, 6.07) is 4.62. The van der Waals surface area contributed by atoms with Crippen molar-refractivity contribution in [1.82, 2.24) is 5.32 Å². The highest BCUT2D eigenvalue weighted by atomic mass is 16.5. The van der Waals surface area contributed by atoms with Gasteiger partial charge in [-0.15, -0.1) is 0 Å². The molecular weight excluding hydrogens is 254 g/mol. The van der Waals surface area contributed by atoms with Crippen molar-refractivity contribution in [3.63, 3.8) is 0 Å². The number of benzene rings is 1. The molecule has 0 aromatic heterocycles. The third kappa shape index (κ3) is 4.30. The molecule has 0 aliphatic rings. The second-order valence-electron chi connectivity index (χ2n) is 3.69. The largest absolute Gasteiger partial charge is 0.497 e. The van der Waals surface area contributed by atoms with Gasteiger partial charge in [0, 0.05) is 5.56 Å². The SMILES string of the molecule is COc1cccc(C(=O)N[C@H](CC(=O)O)C(=O)O)c1. The van der Waals surface area contributed by atoms with Gasteiger partial charge in [-0.05, 0) is 18.2 Å². The lowest BCUT2D eigenvalue weighted by Gasteiger charge is -2.12. The monoisotopic (exact) mass is 267 g/mol. The molecule has 3 N–H and O–H groups in total. The highest BCUT2D eigenvalue weighted by Gasteiger charge is 2.23. The lowest BCUT2D eigenvalue weighted by Crippen LogP contribution is -2.42. The lowest BCUT2D eigenvalue weighted by atomic mass is 10.1. The zero-order valence-corrected chi connectivity index (χ0v) is 10.1. The molecule has 1 rings (SSSR count). The first kappa shape index (κ1) is 14.5. The number of nitrogens with one attached hydrogen (secondary N) is 1. The molecule has 0 saturated carbocycles. The number of carboxylic acid groups (broad SMARTS) is 2. The number of rotatable bonds is 6. The summed E-state index contributed by atoms with van der Waals surface area (Å²) in [5.74, 6) is -2.94. The molecule has 0 aliphatic heterocycles. The van der Waals surface area contributed by atoms with E-state index in [1.54, 1.807) is 12.1 Å². The highest BCUT2D eigenvalue weighted by Crippen LogP contribution is 2.12. The molecule has 7 nitrogen and oxygen atoms in total. The van der Waals surface area contributed by atoms with Crippen LogP contribution in [0.5, 0.6) is 5.75 Å². The van der Waals surface area contributed by atoms with Gasteiger partial charge in [0.15, 0.2) is 0 Å². The van der Waals surface area contributed by atoms with E-state index in [0.717, 1.165) is 0 Å². The van der Waals surface area contributed by atoms with Crippen molar-refractivity contribution in [1.29, 1.82) is 0 Å². The predicted molar refractivity (Wildman–Crippen MR) is 64.1 cm³/mol. The van der Waals surface area contributed by atoms with E-state index in [-0.39, 0.29) is 5.56 Å². The van der Waals surface area contributed by atoms with Gasteiger partial charge >= 0.3 is 11.9 Å². The molecule has 0 aliphatic carbocycles. The molecule has 0 radical (unpaired) electrons. The van der Waals surface area contributed by atoms with Gasteiger partial charge in [0.25, 0.3) is 5.91 Å². The molecule has 1 aromatic carbocycles. The van der Waals surface area contributed by atoms with Crippen LogP contribution in [0.2, 0.25) is 0 Å². The van der Waals surface area contributed by atoms with Gasteiger partial charge in [-0.1, -0.05) is 6.07 Å². The van der Waals surface area contributed by atoms with Crippen molar-refractivity contribution in [3.05, 3.63) is 29.8 Å². The Morgan fingerprint density at radius 2 is 2.00 bits per heavy atom. The number of hydrogen-bond acceptors (Lipinski definition) is 4. The maximum Gasteiger partial charge on any atom is 0.326 e. The lowest BCUT2D eigenvalue weighted by molar-refractivity contribution is -0.145. The van der Waals surface area contributed by atoms with Crippen LogP contribution in [0.25, 0.3) is 0 Å². The first-order chi connectivity index (χ1) is 8.93. The van der Waals surface area contributed by atoms with Crippen molar-refractivity contribution in [2.24, 2.45) is 0 Å². The number of carboxylic acids is 2. The number of hydrogen-bond donors (Lipinski definition) is 3. The Bertz CT molecular complexity index is 499. The van der Waals surface area contributed by atoms with E-state index in [1.165, 1.54) is 19.2 Å². The molecule has 0 spiro atoms. The third-order valence-electron chi connectivity index (χ3n) is 2.31. The highest BCUT2D eigenvalue weighted by molar-refractivity contribution is 5.97. The Balaban J connectivity index is 2.81. The smallest absolute Gasteiger partial charge is 0.326 e. The topological polar surface area (TPSA) is 113 Å². The van der Waals surface area contributed by atoms with Gasteiger partial charge < -0.3 is 20.3 Å². The van der Waals surface area contributed by atoms with Crippen LogP contribution in [-0.2, 0) is 9.59 Å². The second-order valence-corrected chi connectivity index (χ2v) is 3.69. The summed E-state index contributed by atoms with van der Waals surface area (Å²) in [5.41, 5.74) is 0.191. The summed E-state index contributed by atoms with van der Waals surface area (Å²) in [5, 5.41) is 19.5. The minimum atomic E-state index is -1.48. The molecule has 0 bridgehead atoms. The molecule has 0 fully saturated rings. The van der Waals surface area contributed by atoms with Crippen molar-refractivity contribution < 1.29 is 29.3 Å². The molecule has 0 saturated heterocycles. The van der Waals surface area contributed by atoms with E-state index < -0.39 is 30.3 Å². The maximum atomic E-state index is 11.8. The van der Waals surface area contributed by atoms with E-state index >= 15 is 0 Å². The molecule has 1 atom stereocenters. The second kappa shape index (κ2) is 6.39. The first-order valence-corrected chi connectivity index (χ1v) is 5.33. The fourth-order valence-electron chi connectivity index (χ4n) is 1.38. The zero-order valence-electron chi connectivity index (χ0n) is 10.1. The van der Waals surface area contributed by atoms with Gasteiger partial charge in [-0.2, -0.15) is 0 Å². The van der Waals surface area contributed by atoms with Gasteiger partial charge in [-0.25, -0.2) is 4.79 Å². The van der Waals surface area contributed by atoms with Crippen LogP contribution in [0.1, 0.15) is 16.8 Å². The minimum absolute atomic E-state index is 0.191. The number of methoxy groups -OCH3 is 1. The Hall–Kier alpha value is -2.57. The number of amides is 1. The van der Waals surface area contributed by atoms with Crippen molar-refractivity contribution in [3.8, 4) is 5.75 Å². The number of carbonyl (C=O) groups excluding carboxylic acids is 1. The summed E-state index contributed by atoms with van der Waals surface area (Å²) in [7, 11) is 1.43. The quantitative estimate of drug-likeness (QED) is 0.685. The van der Waals surface area contributed by atoms with Crippen LogP contribution < -0.4 is 10.1 Å². The molecule has 1 aromatic rings. The molecule has 1 amide bonds. The Morgan fingerprint density at radius 1 is 1.32 bits per heavy atom. The number of ether oxygens (including phenoxy) is 1. The summed E-state index contributed by atoms with van der Waals surface area (Å²) >= 11 is 0.